The molecule has 2 aromatic rings. The third-order valence-electron chi connectivity index (χ3n) is 4.71. The first kappa shape index (κ1) is 19.8. The van der Waals surface area contributed by atoms with Crippen molar-refractivity contribution < 1.29 is 27.9 Å². The predicted octanol–water partition coefficient (Wildman–Crippen LogP) is 3.13. The Morgan fingerprint density at radius 1 is 1.17 bits per heavy atom. The Balaban J connectivity index is 1.58. The SMILES string of the molecule is O=C(CN1C(=O)N[C@H](c2ccc(Cl)cc2)C2=C1COC2=O)Nc1ccc(F)c(F)c1. The molecule has 1 atom stereocenters. The number of carbonyl (C=O) groups excluding carboxylic acids is 3. The van der Waals surface area contributed by atoms with Gasteiger partial charge in [0.2, 0.25) is 5.91 Å². The molecule has 2 heterocycles. The van der Waals surface area contributed by atoms with E-state index in [1.165, 1.54) is 6.07 Å². The molecule has 0 saturated heterocycles. The van der Waals surface area contributed by atoms with Crippen molar-refractivity contribution in [2.75, 3.05) is 18.5 Å². The lowest BCUT2D eigenvalue weighted by atomic mass is 9.96. The van der Waals surface area contributed by atoms with Crippen LogP contribution in [0.15, 0.2) is 53.7 Å². The van der Waals surface area contributed by atoms with Crippen LogP contribution in [0.25, 0.3) is 0 Å². The van der Waals surface area contributed by atoms with Gasteiger partial charge >= 0.3 is 12.0 Å². The largest absolute Gasteiger partial charge is 0.456 e. The normalized spacial score (nSPS) is 18.1. The Bertz CT molecular complexity index is 1090. The summed E-state index contributed by atoms with van der Waals surface area (Å²) in [5, 5.41) is 5.57. The zero-order chi connectivity index (χ0) is 21.4. The summed E-state index contributed by atoms with van der Waals surface area (Å²) in [6, 6.07) is 8.15. The number of amides is 3. The summed E-state index contributed by atoms with van der Waals surface area (Å²) in [7, 11) is 0. The zero-order valence-electron chi connectivity index (χ0n) is 15.2. The summed E-state index contributed by atoms with van der Waals surface area (Å²) < 4.78 is 31.4. The average Bonchev–Trinajstić information content (AvgIpc) is 3.09. The highest BCUT2D eigenvalue weighted by Crippen LogP contribution is 2.35. The number of urea groups is 1. The Morgan fingerprint density at radius 3 is 2.60 bits per heavy atom. The van der Waals surface area contributed by atoms with E-state index in [0.717, 1.165) is 17.0 Å². The van der Waals surface area contributed by atoms with Crippen molar-refractivity contribution in [2.24, 2.45) is 0 Å². The number of halogens is 3. The van der Waals surface area contributed by atoms with Gasteiger partial charge in [-0.25, -0.2) is 18.4 Å². The molecule has 0 aliphatic carbocycles. The molecule has 0 saturated carbocycles. The number of nitrogens with zero attached hydrogens (tertiary/aromatic N) is 1. The Labute approximate surface area is 174 Å². The van der Waals surface area contributed by atoms with Crippen LogP contribution in [0.3, 0.4) is 0 Å². The molecular formula is C20H14ClF2N3O4. The van der Waals surface area contributed by atoms with Crippen LogP contribution in [-0.4, -0.2) is 36.0 Å². The minimum Gasteiger partial charge on any atom is -0.456 e. The first-order chi connectivity index (χ1) is 14.3. The summed E-state index contributed by atoms with van der Waals surface area (Å²) >= 11 is 5.90. The third-order valence-corrected chi connectivity index (χ3v) is 4.96. The van der Waals surface area contributed by atoms with Crippen LogP contribution < -0.4 is 10.6 Å². The maximum Gasteiger partial charge on any atom is 0.338 e. The topological polar surface area (TPSA) is 87.7 Å². The quantitative estimate of drug-likeness (QED) is 0.725. The maximum atomic E-state index is 13.3. The molecular weight excluding hydrogens is 420 g/mol. The molecule has 0 bridgehead atoms. The number of esters is 1. The van der Waals surface area contributed by atoms with Gasteiger partial charge in [0.05, 0.1) is 17.3 Å². The number of hydrogen-bond acceptors (Lipinski definition) is 4. The minimum atomic E-state index is -1.12. The van der Waals surface area contributed by atoms with Gasteiger partial charge in [-0.2, -0.15) is 0 Å². The van der Waals surface area contributed by atoms with Crippen LogP contribution in [-0.2, 0) is 14.3 Å². The molecule has 7 nitrogen and oxygen atoms in total. The van der Waals surface area contributed by atoms with Crippen LogP contribution in [0.4, 0.5) is 19.3 Å². The maximum absolute atomic E-state index is 13.3. The van der Waals surface area contributed by atoms with Gasteiger partial charge in [0.25, 0.3) is 0 Å². The fourth-order valence-corrected chi connectivity index (χ4v) is 3.43. The Morgan fingerprint density at radius 2 is 1.90 bits per heavy atom. The molecule has 30 heavy (non-hydrogen) atoms. The lowest BCUT2D eigenvalue weighted by Crippen LogP contribution is -2.49. The Hall–Kier alpha value is -3.46. The standard InChI is InChI=1S/C20H14ClF2N3O4/c21-11-3-1-10(2-4-11)18-17-15(9-30-19(17)28)26(20(29)25-18)8-16(27)24-12-5-6-13(22)14(23)7-12/h1-7,18H,8-9H2,(H,24,27)(H,25,29)/t18-/m1/s1. The summed E-state index contributed by atoms with van der Waals surface area (Å²) in [6.07, 6.45) is 0. The van der Waals surface area contributed by atoms with Gasteiger partial charge in [-0.1, -0.05) is 23.7 Å². The molecule has 10 heteroatoms. The van der Waals surface area contributed by atoms with Crippen molar-refractivity contribution in [3.63, 3.8) is 0 Å². The van der Waals surface area contributed by atoms with E-state index >= 15 is 0 Å². The molecule has 0 fully saturated rings. The number of carbonyl (C=O) groups is 3. The van der Waals surface area contributed by atoms with Crippen molar-refractivity contribution in [1.29, 1.82) is 0 Å². The van der Waals surface area contributed by atoms with Gasteiger partial charge in [-0.05, 0) is 29.8 Å². The van der Waals surface area contributed by atoms with Crippen molar-refractivity contribution >= 4 is 35.2 Å². The second-order valence-electron chi connectivity index (χ2n) is 6.63. The van der Waals surface area contributed by atoms with Gasteiger partial charge in [0, 0.05) is 16.8 Å². The minimum absolute atomic E-state index is 0.0308. The monoisotopic (exact) mass is 433 g/mol. The molecule has 0 aromatic heterocycles. The first-order valence-electron chi connectivity index (χ1n) is 8.82. The first-order valence-corrected chi connectivity index (χ1v) is 9.20. The van der Waals surface area contributed by atoms with Crippen LogP contribution in [0, 0.1) is 11.6 Å². The van der Waals surface area contributed by atoms with Gasteiger partial charge < -0.3 is 15.4 Å². The van der Waals surface area contributed by atoms with Gasteiger partial charge in [0.1, 0.15) is 13.2 Å². The highest BCUT2D eigenvalue weighted by atomic mass is 35.5. The highest BCUT2D eigenvalue weighted by Gasteiger charge is 2.42. The number of anilines is 1. The Kier molecular flexibility index (Phi) is 5.13. The van der Waals surface area contributed by atoms with E-state index in [1.807, 2.05) is 0 Å². The number of hydrogen-bond donors (Lipinski definition) is 2. The van der Waals surface area contributed by atoms with Crippen LogP contribution >= 0.6 is 11.6 Å². The summed E-state index contributed by atoms with van der Waals surface area (Å²) in [5.41, 5.74) is 1.15. The van der Waals surface area contributed by atoms with E-state index < -0.39 is 42.1 Å². The molecule has 0 unspecified atom stereocenters. The number of cyclic esters (lactones) is 1. The predicted molar refractivity (Wildman–Crippen MR) is 102 cm³/mol. The summed E-state index contributed by atoms with van der Waals surface area (Å²) in [6.45, 7) is -0.613. The molecule has 3 amide bonds. The van der Waals surface area contributed by atoms with E-state index in [0.29, 0.717) is 10.6 Å². The van der Waals surface area contributed by atoms with Crippen LogP contribution in [0.5, 0.6) is 0 Å². The number of nitrogens with one attached hydrogen (secondary N) is 2. The lowest BCUT2D eigenvalue weighted by Gasteiger charge is -2.32. The zero-order valence-corrected chi connectivity index (χ0v) is 16.0. The highest BCUT2D eigenvalue weighted by molar-refractivity contribution is 6.30. The number of rotatable bonds is 4. The van der Waals surface area contributed by atoms with Crippen molar-refractivity contribution in [1.82, 2.24) is 10.2 Å². The number of benzene rings is 2. The third kappa shape index (κ3) is 3.71. The molecule has 2 N–H and O–H groups in total. The second-order valence-corrected chi connectivity index (χ2v) is 7.07. The fraction of sp³-hybridized carbons (Fsp3) is 0.150. The molecule has 2 aliphatic heterocycles. The molecule has 2 aliphatic rings. The average molecular weight is 434 g/mol. The fourth-order valence-electron chi connectivity index (χ4n) is 3.30. The molecule has 154 valence electrons. The van der Waals surface area contributed by atoms with Crippen LogP contribution in [0.1, 0.15) is 11.6 Å². The van der Waals surface area contributed by atoms with E-state index in [4.69, 9.17) is 16.3 Å². The van der Waals surface area contributed by atoms with Crippen LogP contribution in [0.2, 0.25) is 5.02 Å². The molecule has 0 radical (unpaired) electrons. The molecule has 4 rings (SSSR count). The molecule has 0 spiro atoms. The van der Waals surface area contributed by atoms with Crippen molar-refractivity contribution in [3.8, 4) is 0 Å². The summed E-state index contributed by atoms with van der Waals surface area (Å²) in [5.74, 6) is -3.43. The summed E-state index contributed by atoms with van der Waals surface area (Å²) in [4.78, 5) is 38.4. The van der Waals surface area contributed by atoms with Crippen molar-refractivity contribution in [2.45, 2.75) is 6.04 Å². The van der Waals surface area contributed by atoms with Gasteiger partial charge in [-0.3, -0.25) is 9.69 Å². The second kappa shape index (κ2) is 7.75. The number of ether oxygens (including phenoxy) is 1. The van der Waals surface area contributed by atoms with Crippen molar-refractivity contribution in [3.05, 3.63) is 76.0 Å². The van der Waals surface area contributed by atoms with Gasteiger partial charge in [0.15, 0.2) is 11.6 Å². The van der Waals surface area contributed by atoms with E-state index in [2.05, 4.69) is 10.6 Å². The van der Waals surface area contributed by atoms with E-state index in [1.54, 1.807) is 24.3 Å². The molecule has 2 aromatic carbocycles. The smallest absolute Gasteiger partial charge is 0.338 e. The van der Waals surface area contributed by atoms with Gasteiger partial charge in [-0.15, -0.1) is 0 Å². The van der Waals surface area contributed by atoms with E-state index in [-0.39, 0.29) is 23.6 Å². The lowest BCUT2D eigenvalue weighted by molar-refractivity contribution is -0.136. The van der Waals surface area contributed by atoms with E-state index in [9.17, 15) is 23.2 Å².